The molecule has 0 aromatic carbocycles. The first-order valence-corrected chi connectivity index (χ1v) is 8.80. The molecule has 21 heavy (non-hydrogen) atoms. The molecule has 0 spiro atoms. The van der Waals surface area contributed by atoms with Crippen LogP contribution in [0.15, 0.2) is 4.34 Å². The number of hydrogen-bond donors (Lipinski definition) is 0. The molecule has 1 aromatic rings. The quantitative estimate of drug-likeness (QED) is 0.610. The molecule has 3 rings (SSSR count). The second kappa shape index (κ2) is 5.92. The molecule has 1 aromatic heterocycles. The Morgan fingerprint density at radius 3 is 2.81 bits per heavy atom. The number of anilines is 1. The second-order valence-corrected chi connectivity index (χ2v) is 7.69. The fourth-order valence-corrected chi connectivity index (χ4v) is 4.54. The molecule has 1 aliphatic carbocycles. The van der Waals surface area contributed by atoms with Crippen LogP contribution < -0.4 is 4.90 Å². The Hall–Kier alpha value is -1.15. The van der Waals surface area contributed by atoms with Gasteiger partial charge in [-0.25, -0.2) is 0 Å². The summed E-state index contributed by atoms with van der Waals surface area (Å²) in [4.78, 5) is 25.4. The van der Waals surface area contributed by atoms with E-state index in [1.807, 2.05) is 13.8 Å². The van der Waals surface area contributed by atoms with Gasteiger partial charge >= 0.3 is 5.97 Å². The highest BCUT2D eigenvalue weighted by atomic mass is 32.2. The van der Waals surface area contributed by atoms with Gasteiger partial charge in [0.25, 0.3) is 0 Å². The summed E-state index contributed by atoms with van der Waals surface area (Å²) in [6, 6.07) is 0.278. The lowest BCUT2D eigenvalue weighted by Gasteiger charge is -2.17. The zero-order valence-electron chi connectivity index (χ0n) is 11.9. The first-order chi connectivity index (χ1) is 10.1. The summed E-state index contributed by atoms with van der Waals surface area (Å²) in [7, 11) is 0. The average molecular weight is 327 g/mol. The smallest absolute Gasteiger partial charge is 0.319 e. The van der Waals surface area contributed by atoms with Crippen LogP contribution >= 0.6 is 23.1 Å². The van der Waals surface area contributed by atoms with Gasteiger partial charge < -0.3 is 4.74 Å². The number of rotatable bonds is 5. The third kappa shape index (κ3) is 3.21. The maximum Gasteiger partial charge on any atom is 0.319 e. The lowest BCUT2D eigenvalue weighted by atomic mass is 10.3. The van der Waals surface area contributed by atoms with Crippen LogP contribution in [0.5, 0.6) is 0 Å². The predicted molar refractivity (Wildman–Crippen MR) is 80.5 cm³/mol. The van der Waals surface area contributed by atoms with Crippen molar-refractivity contribution in [3.05, 3.63) is 0 Å². The number of cyclic esters (lactones) is 1. The highest BCUT2D eigenvalue weighted by Gasteiger charge is 2.37. The number of nitrogens with zero attached hydrogens (tertiary/aromatic N) is 3. The molecule has 2 fully saturated rings. The Kier molecular flexibility index (Phi) is 4.17. The minimum absolute atomic E-state index is 0.0352. The predicted octanol–water partition coefficient (Wildman–Crippen LogP) is 2.24. The maximum absolute atomic E-state index is 12.0. The Labute approximate surface area is 131 Å². The molecule has 2 aliphatic rings. The molecule has 0 radical (unpaired) electrons. The molecule has 1 aliphatic heterocycles. The summed E-state index contributed by atoms with van der Waals surface area (Å²) in [5.41, 5.74) is 0. The Morgan fingerprint density at radius 2 is 2.24 bits per heavy atom. The van der Waals surface area contributed by atoms with Crippen molar-refractivity contribution < 1.29 is 14.3 Å². The topological polar surface area (TPSA) is 72.4 Å². The van der Waals surface area contributed by atoms with Gasteiger partial charge in [0, 0.05) is 18.9 Å². The van der Waals surface area contributed by atoms with Gasteiger partial charge in [-0.3, -0.25) is 14.5 Å². The highest BCUT2D eigenvalue weighted by molar-refractivity contribution is 8.02. The third-order valence-electron chi connectivity index (χ3n) is 3.45. The fraction of sp³-hybridized carbons (Fsp3) is 0.692. The van der Waals surface area contributed by atoms with Gasteiger partial charge in [-0.05, 0) is 19.8 Å². The van der Waals surface area contributed by atoms with Crippen LogP contribution in [-0.2, 0) is 14.3 Å². The largest absolute Gasteiger partial charge is 0.462 e. The molecule has 1 saturated heterocycles. The van der Waals surface area contributed by atoms with E-state index in [1.165, 1.54) is 23.1 Å². The molecule has 8 heteroatoms. The number of thioether (sulfide) groups is 1. The second-order valence-electron chi connectivity index (χ2n) is 5.29. The number of hydrogen-bond acceptors (Lipinski definition) is 7. The lowest BCUT2D eigenvalue weighted by Crippen LogP contribution is -2.32. The number of amides is 1. The molecular formula is C13H17N3O3S2. The highest BCUT2D eigenvalue weighted by Crippen LogP contribution is 2.39. The standard InChI is InChI=1S/C13H17N3O3S2/c1-3-10(17)16(8-4-5-8)12-14-15-13(21-12)20-9-6-7(2)19-11(9)18/h7-9H,3-6H2,1-2H3/t7-,9-/m1/s1. The van der Waals surface area contributed by atoms with Crippen LogP contribution in [0.1, 0.15) is 39.5 Å². The van der Waals surface area contributed by atoms with E-state index < -0.39 is 0 Å². The maximum atomic E-state index is 12.0. The summed E-state index contributed by atoms with van der Waals surface area (Å²) >= 11 is 2.77. The molecule has 0 N–H and O–H groups in total. The summed E-state index contributed by atoms with van der Waals surface area (Å²) in [6.07, 6.45) is 3.18. The number of carbonyl (C=O) groups is 2. The molecule has 1 amide bonds. The number of aromatic nitrogens is 2. The summed E-state index contributed by atoms with van der Waals surface area (Å²) in [5.74, 6) is -0.105. The van der Waals surface area contributed by atoms with Gasteiger partial charge in [-0.1, -0.05) is 30.0 Å². The van der Waals surface area contributed by atoms with Crippen molar-refractivity contribution in [1.82, 2.24) is 10.2 Å². The van der Waals surface area contributed by atoms with Crippen LogP contribution in [0.2, 0.25) is 0 Å². The number of carbonyl (C=O) groups excluding carboxylic acids is 2. The van der Waals surface area contributed by atoms with Crippen LogP contribution in [-0.4, -0.2) is 39.5 Å². The molecule has 0 bridgehead atoms. The van der Waals surface area contributed by atoms with Crippen molar-refractivity contribution in [2.75, 3.05) is 4.90 Å². The minimum atomic E-state index is -0.211. The normalized spacial score (nSPS) is 25.0. The first kappa shape index (κ1) is 14.8. The van der Waals surface area contributed by atoms with E-state index in [4.69, 9.17) is 4.74 Å². The van der Waals surface area contributed by atoms with E-state index in [0.717, 1.165) is 17.2 Å². The summed E-state index contributed by atoms with van der Waals surface area (Å²) < 4.78 is 5.85. The number of ether oxygens (including phenoxy) is 1. The monoisotopic (exact) mass is 327 g/mol. The van der Waals surface area contributed by atoms with Crippen LogP contribution in [0.3, 0.4) is 0 Å². The van der Waals surface area contributed by atoms with Crippen molar-refractivity contribution in [2.24, 2.45) is 0 Å². The van der Waals surface area contributed by atoms with Crippen LogP contribution in [0.4, 0.5) is 5.13 Å². The van der Waals surface area contributed by atoms with E-state index in [9.17, 15) is 9.59 Å². The van der Waals surface area contributed by atoms with Gasteiger partial charge in [0.2, 0.25) is 11.0 Å². The van der Waals surface area contributed by atoms with E-state index in [1.54, 1.807) is 4.90 Å². The van der Waals surface area contributed by atoms with E-state index in [0.29, 0.717) is 18.0 Å². The molecular weight excluding hydrogens is 310 g/mol. The molecule has 114 valence electrons. The molecule has 2 atom stereocenters. The van der Waals surface area contributed by atoms with Gasteiger partial charge in [0.05, 0.1) is 0 Å². The van der Waals surface area contributed by atoms with Gasteiger partial charge in [-0.2, -0.15) is 0 Å². The first-order valence-electron chi connectivity index (χ1n) is 7.11. The van der Waals surface area contributed by atoms with E-state index in [-0.39, 0.29) is 29.3 Å². The Balaban J connectivity index is 1.70. The van der Waals surface area contributed by atoms with Crippen LogP contribution in [0.25, 0.3) is 0 Å². The zero-order valence-corrected chi connectivity index (χ0v) is 13.6. The van der Waals surface area contributed by atoms with Gasteiger partial charge in [-0.15, -0.1) is 10.2 Å². The molecule has 6 nitrogen and oxygen atoms in total. The van der Waals surface area contributed by atoms with E-state index in [2.05, 4.69) is 10.2 Å². The zero-order chi connectivity index (χ0) is 15.0. The Bertz CT molecular complexity index is 559. The molecule has 0 unspecified atom stereocenters. The van der Waals surface area contributed by atoms with E-state index >= 15 is 0 Å². The number of esters is 1. The lowest BCUT2D eigenvalue weighted by molar-refractivity contribution is -0.140. The van der Waals surface area contributed by atoms with Crippen molar-refractivity contribution in [3.8, 4) is 0 Å². The van der Waals surface area contributed by atoms with Crippen molar-refractivity contribution >= 4 is 40.1 Å². The van der Waals surface area contributed by atoms with Gasteiger partial charge in [0.15, 0.2) is 4.34 Å². The van der Waals surface area contributed by atoms with Crippen molar-refractivity contribution in [1.29, 1.82) is 0 Å². The molecule has 1 saturated carbocycles. The fourth-order valence-electron chi connectivity index (χ4n) is 2.25. The summed E-state index contributed by atoms with van der Waals surface area (Å²) in [6.45, 7) is 3.74. The van der Waals surface area contributed by atoms with Gasteiger partial charge in [0.1, 0.15) is 11.4 Å². The minimum Gasteiger partial charge on any atom is -0.462 e. The summed E-state index contributed by atoms with van der Waals surface area (Å²) in [5, 5.41) is 8.68. The molecule has 2 heterocycles. The Morgan fingerprint density at radius 1 is 1.48 bits per heavy atom. The van der Waals surface area contributed by atoms with Crippen molar-refractivity contribution in [3.63, 3.8) is 0 Å². The van der Waals surface area contributed by atoms with Crippen LogP contribution in [0, 0.1) is 0 Å². The average Bonchev–Trinajstić information content (AvgIpc) is 3.09. The van der Waals surface area contributed by atoms with Crippen molar-refractivity contribution in [2.45, 2.75) is 61.3 Å². The third-order valence-corrected chi connectivity index (χ3v) is 5.66. The SMILES string of the molecule is CCC(=O)N(c1nnc(S[C@@H]2C[C@@H](C)OC2=O)s1)C1CC1.